The summed E-state index contributed by atoms with van der Waals surface area (Å²) < 4.78 is 18.6. The van der Waals surface area contributed by atoms with Gasteiger partial charge in [0.15, 0.2) is 0 Å². The molecule has 174 valence electrons. The Morgan fingerprint density at radius 2 is 1.94 bits per heavy atom. The molecule has 1 aromatic heterocycles. The zero-order valence-corrected chi connectivity index (χ0v) is 18.8. The summed E-state index contributed by atoms with van der Waals surface area (Å²) in [4.78, 5) is 32.8. The highest BCUT2D eigenvalue weighted by atomic mass is 19.1. The van der Waals surface area contributed by atoms with Crippen molar-refractivity contribution in [3.8, 4) is 0 Å². The molecule has 1 aliphatic heterocycles. The topological polar surface area (TPSA) is 77.7 Å². The van der Waals surface area contributed by atoms with Gasteiger partial charge in [-0.2, -0.15) is 0 Å². The number of carbonyl (C=O) groups excluding carboxylic acids is 1. The predicted molar refractivity (Wildman–Crippen MR) is 127 cm³/mol. The van der Waals surface area contributed by atoms with E-state index < -0.39 is 0 Å². The molecule has 0 unspecified atom stereocenters. The SMILES string of the molecule is Cc1cccc2cc(CN(CCCN3CCOCC3)C(=O)Nc3ccc(F)cc3)c(=O)[nH]c12. The first-order valence-corrected chi connectivity index (χ1v) is 11.2. The van der Waals surface area contributed by atoms with Crippen LogP contribution in [-0.4, -0.2) is 60.2 Å². The Balaban J connectivity index is 1.51. The lowest BCUT2D eigenvalue weighted by atomic mass is 10.1. The van der Waals surface area contributed by atoms with Crippen molar-refractivity contribution in [1.29, 1.82) is 0 Å². The molecule has 2 amide bonds. The molecule has 1 fully saturated rings. The van der Waals surface area contributed by atoms with Gasteiger partial charge in [0.05, 0.1) is 25.3 Å². The number of H-pyrrole nitrogens is 1. The van der Waals surface area contributed by atoms with Crippen molar-refractivity contribution in [3.63, 3.8) is 0 Å². The van der Waals surface area contributed by atoms with Gasteiger partial charge < -0.3 is 19.9 Å². The molecule has 0 bridgehead atoms. The first-order chi connectivity index (χ1) is 16.0. The number of aryl methyl sites for hydroxylation is 1. The van der Waals surface area contributed by atoms with Gasteiger partial charge in [0.25, 0.3) is 5.56 Å². The van der Waals surface area contributed by atoms with Crippen LogP contribution in [0.4, 0.5) is 14.9 Å². The summed E-state index contributed by atoms with van der Waals surface area (Å²) in [5.74, 6) is -0.367. The minimum absolute atomic E-state index is 0.176. The fourth-order valence-electron chi connectivity index (χ4n) is 4.05. The Morgan fingerprint density at radius 1 is 1.18 bits per heavy atom. The molecule has 0 spiro atoms. The summed E-state index contributed by atoms with van der Waals surface area (Å²) in [5, 5.41) is 3.75. The van der Waals surface area contributed by atoms with E-state index in [-0.39, 0.29) is 24.0 Å². The average molecular weight is 453 g/mol. The number of rotatable bonds is 7. The van der Waals surface area contributed by atoms with Gasteiger partial charge in [0.2, 0.25) is 0 Å². The van der Waals surface area contributed by atoms with E-state index in [0.717, 1.165) is 55.7 Å². The van der Waals surface area contributed by atoms with Crippen LogP contribution in [0.3, 0.4) is 0 Å². The molecule has 2 aromatic carbocycles. The van der Waals surface area contributed by atoms with Crippen LogP contribution < -0.4 is 10.9 Å². The maximum absolute atomic E-state index is 13.2. The number of halogens is 1. The van der Waals surface area contributed by atoms with Gasteiger partial charge >= 0.3 is 6.03 Å². The van der Waals surface area contributed by atoms with E-state index >= 15 is 0 Å². The van der Waals surface area contributed by atoms with Crippen LogP contribution in [0.25, 0.3) is 10.9 Å². The predicted octanol–water partition coefficient (Wildman–Crippen LogP) is 3.73. The highest BCUT2D eigenvalue weighted by Crippen LogP contribution is 2.17. The van der Waals surface area contributed by atoms with Gasteiger partial charge in [0.1, 0.15) is 5.82 Å². The van der Waals surface area contributed by atoms with Crippen LogP contribution in [0, 0.1) is 12.7 Å². The molecule has 33 heavy (non-hydrogen) atoms. The summed E-state index contributed by atoms with van der Waals surface area (Å²) >= 11 is 0. The van der Waals surface area contributed by atoms with Crippen LogP contribution >= 0.6 is 0 Å². The van der Waals surface area contributed by atoms with Gasteiger partial charge in [-0.3, -0.25) is 9.69 Å². The number of urea groups is 1. The third kappa shape index (κ3) is 5.97. The van der Waals surface area contributed by atoms with E-state index in [9.17, 15) is 14.0 Å². The fourth-order valence-corrected chi connectivity index (χ4v) is 4.05. The molecule has 0 atom stereocenters. The lowest BCUT2D eigenvalue weighted by Gasteiger charge is -2.28. The second-order valence-corrected chi connectivity index (χ2v) is 8.33. The molecule has 7 nitrogen and oxygen atoms in total. The number of nitrogens with one attached hydrogen (secondary N) is 2. The largest absolute Gasteiger partial charge is 0.379 e. The zero-order chi connectivity index (χ0) is 23.2. The summed E-state index contributed by atoms with van der Waals surface area (Å²) in [5.41, 5.74) is 2.62. The summed E-state index contributed by atoms with van der Waals surface area (Å²) in [6, 6.07) is 13.0. The smallest absolute Gasteiger partial charge is 0.322 e. The van der Waals surface area contributed by atoms with E-state index in [4.69, 9.17) is 4.74 Å². The molecule has 0 aliphatic carbocycles. The second-order valence-electron chi connectivity index (χ2n) is 8.33. The number of pyridine rings is 1. The molecular weight excluding hydrogens is 423 g/mol. The number of aromatic nitrogens is 1. The number of fused-ring (bicyclic) bond motifs is 1. The molecule has 4 rings (SSSR count). The van der Waals surface area contributed by atoms with Crippen molar-refractivity contribution in [3.05, 3.63) is 75.8 Å². The number of hydrogen-bond acceptors (Lipinski definition) is 4. The number of amides is 2. The molecule has 1 saturated heterocycles. The highest BCUT2D eigenvalue weighted by molar-refractivity contribution is 5.89. The molecule has 1 aliphatic rings. The molecule has 0 saturated carbocycles. The van der Waals surface area contributed by atoms with E-state index in [0.29, 0.717) is 17.8 Å². The number of anilines is 1. The monoisotopic (exact) mass is 452 g/mol. The first-order valence-electron chi connectivity index (χ1n) is 11.2. The van der Waals surface area contributed by atoms with Crippen molar-refractivity contribution < 1.29 is 13.9 Å². The number of nitrogens with zero attached hydrogens (tertiary/aromatic N) is 2. The quantitative estimate of drug-likeness (QED) is 0.573. The van der Waals surface area contributed by atoms with Gasteiger partial charge in [-0.25, -0.2) is 9.18 Å². The van der Waals surface area contributed by atoms with Crippen LogP contribution in [0.2, 0.25) is 0 Å². The third-order valence-electron chi connectivity index (χ3n) is 5.91. The van der Waals surface area contributed by atoms with E-state index in [1.165, 1.54) is 24.3 Å². The lowest BCUT2D eigenvalue weighted by molar-refractivity contribution is 0.0365. The van der Waals surface area contributed by atoms with E-state index in [1.54, 1.807) is 4.90 Å². The van der Waals surface area contributed by atoms with Crippen LogP contribution in [0.15, 0.2) is 53.3 Å². The van der Waals surface area contributed by atoms with Crippen LogP contribution in [-0.2, 0) is 11.3 Å². The molecule has 3 aromatic rings. The van der Waals surface area contributed by atoms with E-state index in [1.807, 2.05) is 31.2 Å². The fraction of sp³-hybridized carbons (Fsp3) is 0.360. The number of aromatic amines is 1. The van der Waals surface area contributed by atoms with Crippen molar-refractivity contribution in [2.75, 3.05) is 44.7 Å². The molecule has 8 heteroatoms. The number of para-hydroxylation sites is 1. The maximum Gasteiger partial charge on any atom is 0.322 e. The normalized spacial score (nSPS) is 14.4. The van der Waals surface area contributed by atoms with Crippen LogP contribution in [0.1, 0.15) is 17.5 Å². The van der Waals surface area contributed by atoms with Gasteiger partial charge in [-0.15, -0.1) is 0 Å². The molecule has 2 heterocycles. The molecule has 0 radical (unpaired) electrons. The van der Waals surface area contributed by atoms with Gasteiger partial charge in [-0.1, -0.05) is 18.2 Å². The van der Waals surface area contributed by atoms with Crippen molar-refractivity contribution >= 4 is 22.6 Å². The van der Waals surface area contributed by atoms with E-state index in [2.05, 4.69) is 15.2 Å². The van der Waals surface area contributed by atoms with Crippen molar-refractivity contribution in [2.24, 2.45) is 0 Å². The highest BCUT2D eigenvalue weighted by Gasteiger charge is 2.18. The number of ether oxygens (including phenoxy) is 1. The maximum atomic E-state index is 13.2. The number of morpholine rings is 1. The lowest BCUT2D eigenvalue weighted by Crippen LogP contribution is -2.40. The first kappa shape index (κ1) is 22.9. The van der Waals surface area contributed by atoms with Crippen LogP contribution in [0.5, 0.6) is 0 Å². The Morgan fingerprint density at radius 3 is 2.70 bits per heavy atom. The Kier molecular flexibility index (Phi) is 7.36. The Labute approximate surface area is 192 Å². The third-order valence-corrected chi connectivity index (χ3v) is 5.91. The Bertz CT molecular complexity index is 1160. The molecular formula is C25H29FN4O3. The Hall–Kier alpha value is -3.23. The molecule has 2 N–H and O–H groups in total. The number of hydrogen-bond donors (Lipinski definition) is 2. The summed E-state index contributed by atoms with van der Waals surface area (Å²) in [6.07, 6.45) is 0.765. The summed E-state index contributed by atoms with van der Waals surface area (Å²) in [7, 11) is 0. The minimum atomic E-state index is -0.367. The van der Waals surface area contributed by atoms with Crippen molar-refractivity contribution in [2.45, 2.75) is 19.9 Å². The van der Waals surface area contributed by atoms with Gasteiger partial charge in [-0.05, 0) is 54.6 Å². The average Bonchev–Trinajstić information content (AvgIpc) is 2.81. The zero-order valence-electron chi connectivity index (χ0n) is 18.8. The summed E-state index contributed by atoms with van der Waals surface area (Å²) in [6.45, 7) is 6.66. The number of benzene rings is 2. The van der Waals surface area contributed by atoms with Crippen molar-refractivity contribution in [1.82, 2.24) is 14.8 Å². The minimum Gasteiger partial charge on any atom is -0.379 e. The van der Waals surface area contributed by atoms with Gasteiger partial charge in [0, 0.05) is 37.4 Å². The number of carbonyl (C=O) groups is 1. The second kappa shape index (κ2) is 10.6. The standard InChI is InChI=1S/C25H29FN4O3/c1-18-4-2-5-19-16-20(24(31)28-23(18)19)17-30(11-3-10-29-12-14-33-15-13-29)25(32)27-22-8-6-21(26)7-9-22/h2,4-9,16H,3,10-15,17H2,1H3,(H,27,32)(H,28,31).